The third kappa shape index (κ3) is 8.80. The third-order valence-electron chi connectivity index (χ3n) is 7.77. The van der Waals surface area contributed by atoms with E-state index in [1.54, 1.807) is 0 Å². The monoisotopic (exact) mass is 441 g/mol. The van der Waals surface area contributed by atoms with E-state index in [1.807, 2.05) is 0 Å². The van der Waals surface area contributed by atoms with Crippen molar-refractivity contribution < 1.29 is 0 Å². The fourth-order valence-electron chi connectivity index (χ4n) is 5.88. The largest absolute Gasteiger partial charge is 0.311 e. The molecule has 1 aliphatic carbocycles. The summed E-state index contributed by atoms with van der Waals surface area (Å²) < 4.78 is 0. The molecule has 0 radical (unpaired) electrons. The molecule has 1 heterocycles. The van der Waals surface area contributed by atoms with Crippen LogP contribution in [0.4, 0.5) is 0 Å². The zero-order chi connectivity index (χ0) is 22.8. The van der Waals surface area contributed by atoms with Crippen molar-refractivity contribution >= 4 is 0 Å². The molecule has 2 aliphatic rings. The number of hydrogen-bond donors (Lipinski definition) is 1. The zero-order valence-electron chi connectivity index (χ0n) is 21.6. The fraction of sp³-hybridized carbons (Fsp3) is 0.793. The topological polar surface area (TPSA) is 18.5 Å². The standard InChI is InChI=1S/C29H51N3/c1-24(2)15-16-31-17-18-32(23-29(31)19-25(3)4)28(20-26-11-7-5-8-12-26)22-30-21-27-13-9-6-10-14-27/h6,9-10,13-14,24-26,28-30H,5,7-8,11-12,15-23H2,1-4H3/t28-,29+/m1/s1. The van der Waals surface area contributed by atoms with E-state index >= 15 is 0 Å². The Kier molecular flexibility index (Phi) is 11.0. The summed E-state index contributed by atoms with van der Waals surface area (Å²) in [4.78, 5) is 5.71. The maximum Gasteiger partial charge on any atom is 0.0226 e. The van der Waals surface area contributed by atoms with Crippen LogP contribution in [0.25, 0.3) is 0 Å². The van der Waals surface area contributed by atoms with Crippen LogP contribution in [0.3, 0.4) is 0 Å². The smallest absolute Gasteiger partial charge is 0.0226 e. The first-order chi connectivity index (χ1) is 15.5. The van der Waals surface area contributed by atoms with E-state index < -0.39 is 0 Å². The lowest BCUT2D eigenvalue weighted by Crippen LogP contribution is -2.58. The van der Waals surface area contributed by atoms with Gasteiger partial charge in [0.1, 0.15) is 0 Å². The highest BCUT2D eigenvalue weighted by Crippen LogP contribution is 2.30. The summed E-state index contributed by atoms with van der Waals surface area (Å²) in [5.74, 6) is 2.51. The van der Waals surface area contributed by atoms with Gasteiger partial charge >= 0.3 is 0 Å². The van der Waals surface area contributed by atoms with Gasteiger partial charge in [-0.1, -0.05) is 90.1 Å². The van der Waals surface area contributed by atoms with Crippen LogP contribution in [-0.4, -0.2) is 54.6 Å². The summed E-state index contributed by atoms with van der Waals surface area (Å²) in [6.07, 6.45) is 11.3. The lowest BCUT2D eigenvalue weighted by atomic mass is 9.84. The minimum Gasteiger partial charge on any atom is -0.311 e. The molecule has 0 amide bonds. The highest BCUT2D eigenvalue weighted by atomic mass is 15.3. The molecule has 32 heavy (non-hydrogen) atoms. The summed E-state index contributed by atoms with van der Waals surface area (Å²) in [5, 5.41) is 3.84. The Labute approximate surface area is 199 Å². The normalized spacial score (nSPS) is 22.6. The molecule has 2 fully saturated rings. The summed E-state index contributed by atoms with van der Waals surface area (Å²) in [7, 11) is 0. The fourth-order valence-corrected chi connectivity index (χ4v) is 5.88. The molecule has 1 aromatic carbocycles. The van der Waals surface area contributed by atoms with Crippen LogP contribution in [-0.2, 0) is 6.54 Å². The van der Waals surface area contributed by atoms with Crippen LogP contribution >= 0.6 is 0 Å². The van der Waals surface area contributed by atoms with E-state index in [-0.39, 0.29) is 0 Å². The van der Waals surface area contributed by atoms with Gasteiger partial charge in [-0.25, -0.2) is 0 Å². The maximum atomic E-state index is 3.84. The van der Waals surface area contributed by atoms with Crippen molar-refractivity contribution in [3.05, 3.63) is 35.9 Å². The zero-order valence-corrected chi connectivity index (χ0v) is 21.6. The van der Waals surface area contributed by atoms with Crippen molar-refractivity contribution in [2.75, 3.05) is 32.7 Å². The van der Waals surface area contributed by atoms with E-state index in [0.717, 1.165) is 36.9 Å². The van der Waals surface area contributed by atoms with Crippen molar-refractivity contribution in [3.63, 3.8) is 0 Å². The van der Waals surface area contributed by atoms with E-state index in [2.05, 4.69) is 73.1 Å². The second-order valence-corrected chi connectivity index (χ2v) is 11.5. The molecule has 182 valence electrons. The van der Waals surface area contributed by atoms with Crippen molar-refractivity contribution in [2.45, 2.75) is 97.7 Å². The van der Waals surface area contributed by atoms with Gasteiger partial charge in [0.25, 0.3) is 0 Å². The first kappa shape index (κ1) is 25.7. The van der Waals surface area contributed by atoms with Crippen molar-refractivity contribution in [2.24, 2.45) is 17.8 Å². The highest BCUT2D eigenvalue weighted by Gasteiger charge is 2.32. The van der Waals surface area contributed by atoms with Crippen LogP contribution in [0.1, 0.15) is 84.6 Å². The van der Waals surface area contributed by atoms with E-state index in [1.165, 1.54) is 83.1 Å². The van der Waals surface area contributed by atoms with E-state index in [0.29, 0.717) is 6.04 Å². The van der Waals surface area contributed by atoms with Gasteiger partial charge in [-0.05, 0) is 49.1 Å². The molecule has 3 rings (SSSR count). The Morgan fingerprint density at radius 2 is 1.66 bits per heavy atom. The molecule has 0 spiro atoms. The number of hydrogen-bond acceptors (Lipinski definition) is 3. The first-order valence-corrected chi connectivity index (χ1v) is 13.7. The van der Waals surface area contributed by atoms with Gasteiger partial charge in [-0.15, -0.1) is 0 Å². The molecule has 0 bridgehead atoms. The van der Waals surface area contributed by atoms with E-state index in [4.69, 9.17) is 0 Å². The van der Waals surface area contributed by atoms with E-state index in [9.17, 15) is 0 Å². The Bertz CT molecular complexity index is 608. The number of rotatable bonds is 12. The van der Waals surface area contributed by atoms with Crippen molar-refractivity contribution in [1.82, 2.24) is 15.1 Å². The van der Waals surface area contributed by atoms with Crippen molar-refractivity contribution in [3.8, 4) is 0 Å². The molecular formula is C29H51N3. The minimum absolute atomic E-state index is 0.684. The van der Waals surface area contributed by atoms with Gasteiger partial charge < -0.3 is 5.32 Å². The lowest BCUT2D eigenvalue weighted by Gasteiger charge is -2.46. The molecule has 1 N–H and O–H groups in total. The number of nitrogens with zero attached hydrogens (tertiary/aromatic N) is 2. The molecule has 3 nitrogen and oxygen atoms in total. The predicted octanol–water partition coefficient (Wildman–Crippen LogP) is 6.19. The molecule has 1 aliphatic heterocycles. The quantitative estimate of drug-likeness (QED) is 0.417. The summed E-state index contributed by atoms with van der Waals surface area (Å²) in [6.45, 7) is 16.7. The maximum absolute atomic E-state index is 3.84. The SMILES string of the molecule is CC(C)CCN1CCN([C@@H](CNCc2ccccc2)CC2CCCCC2)C[C@@H]1CC(C)C. The summed E-state index contributed by atoms with van der Waals surface area (Å²) >= 11 is 0. The number of nitrogens with one attached hydrogen (secondary N) is 1. The molecule has 0 unspecified atom stereocenters. The van der Waals surface area contributed by atoms with Crippen LogP contribution in [0, 0.1) is 17.8 Å². The number of benzene rings is 1. The van der Waals surface area contributed by atoms with Crippen LogP contribution < -0.4 is 5.32 Å². The second-order valence-electron chi connectivity index (χ2n) is 11.5. The minimum atomic E-state index is 0.684. The molecule has 1 saturated carbocycles. The Hall–Kier alpha value is -0.900. The van der Waals surface area contributed by atoms with Gasteiger partial charge in [0.05, 0.1) is 0 Å². The van der Waals surface area contributed by atoms with Gasteiger partial charge in [0.15, 0.2) is 0 Å². The molecule has 2 atom stereocenters. The Balaban J connectivity index is 1.61. The molecule has 0 aromatic heterocycles. The van der Waals surface area contributed by atoms with Gasteiger partial charge in [0.2, 0.25) is 0 Å². The molecule has 1 aromatic rings. The summed E-state index contributed by atoms with van der Waals surface area (Å²) in [5.41, 5.74) is 1.40. The average Bonchev–Trinajstić information content (AvgIpc) is 2.78. The second kappa shape index (κ2) is 13.7. The van der Waals surface area contributed by atoms with Crippen LogP contribution in [0.15, 0.2) is 30.3 Å². The van der Waals surface area contributed by atoms with Crippen LogP contribution in [0.2, 0.25) is 0 Å². The Morgan fingerprint density at radius 3 is 2.34 bits per heavy atom. The summed E-state index contributed by atoms with van der Waals surface area (Å²) in [6, 6.07) is 12.3. The molecule has 3 heteroatoms. The van der Waals surface area contributed by atoms with Crippen molar-refractivity contribution in [1.29, 1.82) is 0 Å². The number of piperazine rings is 1. The third-order valence-corrected chi connectivity index (χ3v) is 7.77. The highest BCUT2D eigenvalue weighted by molar-refractivity contribution is 5.14. The molecule has 1 saturated heterocycles. The van der Waals surface area contributed by atoms with Gasteiger partial charge in [-0.2, -0.15) is 0 Å². The van der Waals surface area contributed by atoms with Crippen LogP contribution in [0.5, 0.6) is 0 Å². The Morgan fingerprint density at radius 1 is 0.906 bits per heavy atom. The van der Waals surface area contributed by atoms with Gasteiger partial charge in [0, 0.05) is 44.8 Å². The molecular weight excluding hydrogens is 390 g/mol. The first-order valence-electron chi connectivity index (χ1n) is 13.7. The predicted molar refractivity (Wildman–Crippen MR) is 139 cm³/mol. The average molecular weight is 442 g/mol. The van der Waals surface area contributed by atoms with Gasteiger partial charge in [-0.3, -0.25) is 9.80 Å². The lowest BCUT2D eigenvalue weighted by molar-refractivity contribution is 0.0276.